The number of carbonyl (C=O) groups is 2. The number of aliphatic hydroxyl groups is 1. The quantitative estimate of drug-likeness (QED) is 0.607. The number of esters is 1. The van der Waals surface area contributed by atoms with E-state index in [1.807, 2.05) is 27.7 Å². The van der Waals surface area contributed by atoms with E-state index in [2.05, 4.69) is 0 Å². The van der Waals surface area contributed by atoms with Crippen molar-refractivity contribution in [3.63, 3.8) is 0 Å². The van der Waals surface area contributed by atoms with Gasteiger partial charge in [-0.1, -0.05) is 13.8 Å². The van der Waals surface area contributed by atoms with Gasteiger partial charge in [0.2, 0.25) is 12.3 Å². The van der Waals surface area contributed by atoms with Gasteiger partial charge in [0, 0.05) is 25.0 Å². The van der Waals surface area contributed by atoms with E-state index in [0.29, 0.717) is 6.54 Å². The Morgan fingerprint density at radius 3 is 2.22 bits per heavy atom. The monoisotopic (exact) mass is 330 g/mol. The highest BCUT2D eigenvalue weighted by molar-refractivity contribution is 5.86. The summed E-state index contributed by atoms with van der Waals surface area (Å²) in [6, 6.07) is -0.988. The molecule has 0 aromatic carbocycles. The third-order valence-corrected chi connectivity index (χ3v) is 3.71. The van der Waals surface area contributed by atoms with Gasteiger partial charge < -0.3 is 19.5 Å². The van der Waals surface area contributed by atoms with Crippen molar-refractivity contribution in [3.8, 4) is 0 Å². The van der Waals surface area contributed by atoms with Gasteiger partial charge >= 0.3 is 5.97 Å². The van der Waals surface area contributed by atoms with Gasteiger partial charge in [-0.15, -0.1) is 0 Å². The Balaban J connectivity index is 2.98. The summed E-state index contributed by atoms with van der Waals surface area (Å²) in [6.07, 6.45) is -1.14. The average molecular weight is 330 g/mol. The van der Waals surface area contributed by atoms with E-state index in [1.54, 1.807) is 23.6 Å². The zero-order valence-corrected chi connectivity index (χ0v) is 15.2. The lowest BCUT2D eigenvalue weighted by molar-refractivity contribution is -0.251. The summed E-state index contributed by atoms with van der Waals surface area (Å²) in [4.78, 5) is 27.8. The Morgan fingerprint density at radius 2 is 1.78 bits per heavy atom. The van der Waals surface area contributed by atoms with E-state index in [9.17, 15) is 14.7 Å². The number of carbonyl (C=O) groups excluding carboxylic acids is 2. The molecule has 23 heavy (non-hydrogen) atoms. The minimum Gasteiger partial charge on any atom is -0.467 e. The van der Waals surface area contributed by atoms with Crippen molar-refractivity contribution in [2.75, 3.05) is 20.2 Å². The van der Waals surface area contributed by atoms with E-state index in [-0.39, 0.29) is 24.4 Å². The largest absolute Gasteiger partial charge is 0.467 e. The van der Waals surface area contributed by atoms with Crippen LogP contribution in [0.2, 0.25) is 0 Å². The molecule has 1 unspecified atom stereocenters. The van der Waals surface area contributed by atoms with Crippen LogP contribution < -0.4 is 0 Å². The Bertz CT molecular complexity index is 433. The molecule has 7 nitrogen and oxygen atoms in total. The molecule has 1 aliphatic heterocycles. The molecule has 0 saturated carbocycles. The van der Waals surface area contributed by atoms with Crippen molar-refractivity contribution >= 4 is 11.9 Å². The maximum atomic E-state index is 12.5. The van der Waals surface area contributed by atoms with Crippen LogP contribution in [-0.2, 0) is 19.1 Å². The summed E-state index contributed by atoms with van der Waals surface area (Å²) in [6.45, 7) is 11.6. The van der Waals surface area contributed by atoms with Crippen LogP contribution in [-0.4, -0.2) is 71.1 Å². The Hall–Kier alpha value is -1.18. The second-order valence-corrected chi connectivity index (χ2v) is 7.30. The van der Waals surface area contributed by atoms with Crippen molar-refractivity contribution in [2.24, 2.45) is 5.92 Å². The molecule has 7 heteroatoms. The number of ether oxygens (including phenoxy) is 2. The van der Waals surface area contributed by atoms with E-state index < -0.39 is 24.0 Å². The number of hydrogen-bond donors (Lipinski definition) is 1. The second-order valence-electron chi connectivity index (χ2n) is 7.30. The van der Waals surface area contributed by atoms with Crippen LogP contribution in [0.5, 0.6) is 0 Å². The summed E-state index contributed by atoms with van der Waals surface area (Å²) in [5, 5.41) is 10.3. The fraction of sp³-hybridized carbons (Fsp3) is 0.875. The lowest BCUT2D eigenvalue weighted by Crippen LogP contribution is -2.65. The Kier molecular flexibility index (Phi) is 6.56. The standard InChI is InChI=1S/C16H30N2O5/c1-10(2)13(19)18-11(3)8-17(9-12(18)14(20)22-7)15(21)23-16(4,5)6/h10-12,15,21H,8-9H2,1-7H3/t11-,12-,15?/m1/s1. The molecular weight excluding hydrogens is 300 g/mol. The molecule has 1 N–H and O–H groups in total. The molecule has 1 saturated heterocycles. The van der Waals surface area contributed by atoms with Crippen LogP contribution in [0, 0.1) is 5.92 Å². The summed E-state index contributed by atoms with van der Waals surface area (Å²) in [5.41, 5.74) is -0.520. The number of amides is 1. The highest BCUT2D eigenvalue weighted by atomic mass is 16.6. The lowest BCUT2D eigenvalue weighted by Gasteiger charge is -2.46. The Morgan fingerprint density at radius 1 is 1.22 bits per heavy atom. The second kappa shape index (κ2) is 7.59. The van der Waals surface area contributed by atoms with Crippen molar-refractivity contribution in [1.82, 2.24) is 9.80 Å². The summed E-state index contributed by atoms with van der Waals surface area (Å²) in [5.74, 6) is -0.802. The first kappa shape index (κ1) is 19.9. The normalized spacial score (nSPS) is 24.7. The molecule has 1 rings (SSSR count). The van der Waals surface area contributed by atoms with Crippen molar-refractivity contribution in [3.05, 3.63) is 0 Å². The van der Waals surface area contributed by atoms with Gasteiger partial charge in [-0.2, -0.15) is 0 Å². The van der Waals surface area contributed by atoms with Crippen LogP contribution in [0.1, 0.15) is 41.5 Å². The summed E-state index contributed by atoms with van der Waals surface area (Å²) >= 11 is 0. The predicted octanol–water partition coefficient (Wildman–Crippen LogP) is 0.808. The van der Waals surface area contributed by atoms with Crippen molar-refractivity contribution in [1.29, 1.82) is 0 Å². The van der Waals surface area contributed by atoms with Crippen LogP contribution in [0.15, 0.2) is 0 Å². The van der Waals surface area contributed by atoms with Crippen molar-refractivity contribution in [2.45, 2.75) is 65.6 Å². The maximum absolute atomic E-state index is 12.5. The van der Waals surface area contributed by atoms with Crippen molar-refractivity contribution < 1.29 is 24.2 Å². The topological polar surface area (TPSA) is 79.3 Å². The number of nitrogens with zero attached hydrogens (tertiary/aromatic N) is 2. The van der Waals surface area contributed by atoms with Crippen LogP contribution >= 0.6 is 0 Å². The third-order valence-electron chi connectivity index (χ3n) is 3.71. The first-order valence-electron chi connectivity index (χ1n) is 7.98. The number of piperazine rings is 1. The van der Waals surface area contributed by atoms with Gasteiger partial charge in [0.25, 0.3) is 0 Å². The molecule has 1 aliphatic rings. The van der Waals surface area contributed by atoms with Gasteiger partial charge in [-0.25, -0.2) is 4.79 Å². The molecule has 0 spiro atoms. The van der Waals surface area contributed by atoms with Crippen LogP contribution in [0.4, 0.5) is 0 Å². The molecule has 0 aromatic heterocycles. The lowest BCUT2D eigenvalue weighted by atomic mass is 10.0. The molecule has 0 bridgehead atoms. The first-order chi connectivity index (χ1) is 10.5. The van der Waals surface area contributed by atoms with Gasteiger partial charge in [0.15, 0.2) is 0 Å². The summed E-state index contributed by atoms with van der Waals surface area (Å²) in [7, 11) is 1.30. The van der Waals surface area contributed by atoms with Gasteiger partial charge in [0.05, 0.1) is 12.7 Å². The molecule has 0 radical (unpaired) electrons. The SMILES string of the molecule is COC(=O)[C@H]1CN(C(O)OC(C)(C)C)C[C@@H](C)N1C(=O)C(C)C. The van der Waals surface area contributed by atoms with Gasteiger partial charge in [0.1, 0.15) is 6.04 Å². The first-order valence-corrected chi connectivity index (χ1v) is 7.98. The van der Waals surface area contributed by atoms with Crippen LogP contribution in [0.3, 0.4) is 0 Å². The third kappa shape index (κ3) is 5.16. The maximum Gasteiger partial charge on any atom is 0.329 e. The molecule has 0 aliphatic carbocycles. The fourth-order valence-electron chi connectivity index (χ4n) is 2.68. The van der Waals surface area contributed by atoms with E-state index in [0.717, 1.165) is 0 Å². The van der Waals surface area contributed by atoms with E-state index in [4.69, 9.17) is 9.47 Å². The minimum atomic E-state index is -1.14. The zero-order valence-electron chi connectivity index (χ0n) is 15.2. The Labute approximate surface area is 138 Å². The van der Waals surface area contributed by atoms with Gasteiger partial charge in [-0.3, -0.25) is 9.69 Å². The summed E-state index contributed by atoms with van der Waals surface area (Å²) < 4.78 is 10.4. The highest BCUT2D eigenvalue weighted by Gasteiger charge is 2.42. The smallest absolute Gasteiger partial charge is 0.329 e. The molecule has 134 valence electrons. The van der Waals surface area contributed by atoms with E-state index >= 15 is 0 Å². The predicted molar refractivity (Wildman–Crippen MR) is 85.4 cm³/mol. The zero-order chi connectivity index (χ0) is 17.9. The van der Waals surface area contributed by atoms with E-state index in [1.165, 1.54) is 7.11 Å². The molecule has 0 aromatic rings. The molecule has 1 amide bonds. The molecular formula is C16H30N2O5. The number of aliphatic hydroxyl groups excluding tert-OH is 1. The number of methoxy groups -OCH3 is 1. The van der Waals surface area contributed by atoms with Crippen LogP contribution in [0.25, 0.3) is 0 Å². The molecule has 1 heterocycles. The average Bonchev–Trinajstić information content (AvgIpc) is 2.42. The van der Waals surface area contributed by atoms with Gasteiger partial charge in [-0.05, 0) is 27.7 Å². The minimum absolute atomic E-state index is 0.0984. The number of rotatable bonds is 4. The number of hydrogen-bond acceptors (Lipinski definition) is 6. The molecule has 1 fully saturated rings. The molecule has 3 atom stereocenters. The highest BCUT2D eigenvalue weighted by Crippen LogP contribution is 2.23. The fourth-order valence-corrected chi connectivity index (χ4v) is 2.68.